The molecule has 0 atom stereocenters. The van der Waals surface area contributed by atoms with Crippen molar-refractivity contribution in [3.8, 4) is 0 Å². The summed E-state index contributed by atoms with van der Waals surface area (Å²) in [5, 5.41) is 1.15. The number of hydrogen-bond acceptors (Lipinski definition) is 4. The van der Waals surface area contributed by atoms with Gasteiger partial charge in [-0.25, -0.2) is 0 Å². The van der Waals surface area contributed by atoms with Crippen molar-refractivity contribution in [2.24, 2.45) is 5.92 Å². The SMILES string of the molecule is CCCN(CCC)c1cc(N)c(C(=O)C2CC2)s1. The molecular weight excluding hydrogens is 244 g/mol. The first kappa shape index (κ1) is 13.4. The zero-order valence-electron chi connectivity index (χ0n) is 11.2. The molecule has 1 heterocycles. The number of carbonyl (C=O) groups is 1. The van der Waals surface area contributed by atoms with Crippen LogP contribution in [0.2, 0.25) is 0 Å². The Kier molecular flexibility index (Phi) is 4.27. The highest BCUT2D eigenvalue weighted by Gasteiger charge is 2.33. The van der Waals surface area contributed by atoms with E-state index in [9.17, 15) is 4.79 Å². The molecule has 0 radical (unpaired) electrons. The molecule has 0 aromatic carbocycles. The van der Waals surface area contributed by atoms with E-state index in [1.807, 2.05) is 6.07 Å². The van der Waals surface area contributed by atoms with Gasteiger partial charge < -0.3 is 10.6 Å². The number of rotatable bonds is 7. The molecule has 3 nitrogen and oxygen atoms in total. The molecule has 1 aromatic rings. The fourth-order valence-electron chi connectivity index (χ4n) is 2.14. The zero-order chi connectivity index (χ0) is 13.1. The lowest BCUT2D eigenvalue weighted by Gasteiger charge is -2.21. The van der Waals surface area contributed by atoms with Crippen LogP contribution in [0.4, 0.5) is 10.7 Å². The van der Waals surface area contributed by atoms with Crippen molar-refractivity contribution in [2.75, 3.05) is 23.7 Å². The van der Waals surface area contributed by atoms with E-state index in [0.717, 1.165) is 48.7 Å². The lowest BCUT2D eigenvalue weighted by molar-refractivity contribution is 0.0972. The van der Waals surface area contributed by atoms with Gasteiger partial charge in [-0.05, 0) is 31.7 Å². The molecule has 0 amide bonds. The van der Waals surface area contributed by atoms with Crippen molar-refractivity contribution in [3.63, 3.8) is 0 Å². The third kappa shape index (κ3) is 2.86. The van der Waals surface area contributed by atoms with Crippen molar-refractivity contribution in [1.82, 2.24) is 0 Å². The second-order valence-electron chi connectivity index (χ2n) is 4.99. The Morgan fingerprint density at radius 3 is 2.50 bits per heavy atom. The fraction of sp³-hybridized carbons (Fsp3) is 0.643. The van der Waals surface area contributed by atoms with Crippen LogP contribution in [-0.2, 0) is 0 Å². The van der Waals surface area contributed by atoms with Crippen LogP contribution in [-0.4, -0.2) is 18.9 Å². The predicted octanol–water partition coefficient (Wildman–Crippen LogP) is 3.55. The molecular formula is C14H22N2OS. The number of nitrogens with zero attached hydrogens (tertiary/aromatic N) is 1. The van der Waals surface area contributed by atoms with Crippen LogP contribution < -0.4 is 10.6 Å². The van der Waals surface area contributed by atoms with Gasteiger partial charge in [0.2, 0.25) is 0 Å². The van der Waals surface area contributed by atoms with Gasteiger partial charge in [0.1, 0.15) is 0 Å². The van der Waals surface area contributed by atoms with Crippen LogP contribution in [0, 0.1) is 5.92 Å². The maximum absolute atomic E-state index is 12.1. The van der Waals surface area contributed by atoms with Crippen molar-refractivity contribution in [2.45, 2.75) is 39.5 Å². The predicted molar refractivity (Wildman–Crippen MR) is 78.6 cm³/mol. The van der Waals surface area contributed by atoms with Gasteiger partial charge in [0.05, 0.1) is 15.6 Å². The molecule has 0 aliphatic heterocycles. The topological polar surface area (TPSA) is 46.3 Å². The lowest BCUT2D eigenvalue weighted by Crippen LogP contribution is -2.23. The normalized spacial score (nSPS) is 14.8. The minimum absolute atomic E-state index is 0.254. The van der Waals surface area contributed by atoms with Crippen LogP contribution >= 0.6 is 11.3 Å². The molecule has 1 fully saturated rings. The van der Waals surface area contributed by atoms with Crippen LogP contribution in [0.5, 0.6) is 0 Å². The first-order valence-corrected chi connectivity index (χ1v) is 7.67. The van der Waals surface area contributed by atoms with E-state index in [1.54, 1.807) is 11.3 Å². The molecule has 1 saturated carbocycles. The summed E-state index contributed by atoms with van der Waals surface area (Å²) in [5.41, 5.74) is 6.67. The van der Waals surface area contributed by atoms with Gasteiger partial charge >= 0.3 is 0 Å². The van der Waals surface area contributed by atoms with Crippen LogP contribution in [0.3, 0.4) is 0 Å². The standard InChI is InChI=1S/C14H22N2OS/c1-3-7-16(8-4-2)12-9-11(15)14(18-12)13(17)10-5-6-10/h9-10H,3-8,15H2,1-2H3. The number of ketones is 1. The van der Waals surface area contributed by atoms with E-state index in [-0.39, 0.29) is 11.7 Å². The molecule has 1 aromatic heterocycles. The number of Topliss-reactive ketones (excluding diaryl/α,β-unsaturated/α-hetero) is 1. The van der Waals surface area contributed by atoms with Gasteiger partial charge in [0.25, 0.3) is 0 Å². The van der Waals surface area contributed by atoms with Crippen LogP contribution in [0.1, 0.15) is 49.2 Å². The van der Waals surface area contributed by atoms with Gasteiger partial charge in [0, 0.05) is 19.0 Å². The maximum atomic E-state index is 12.1. The largest absolute Gasteiger partial charge is 0.397 e. The number of carbonyl (C=O) groups excluding carboxylic acids is 1. The summed E-state index contributed by atoms with van der Waals surface area (Å²) in [5.74, 6) is 0.515. The first-order valence-electron chi connectivity index (χ1n) is 6.85. The Balaban J connectivity index is 2.17. The second kappa shape index (κ2) is 5.74. The quantitative estimate of drug-likeness (QED) is 0.768. The molecule has 0 bridgehead atoms. The molecule has 2 N–H and O–H groups in total. The smallest absolute Gasteiger partial charge is 0.178 e. The summed E-state index contributed by atoms with van der Waals surface area (Å²) in [6.45, 7) is 6.42. The molecule has 1 aliphatic rings. The number of nitrogens with two attached hydrogens (primary N) is 1. The molecule has 0 saturated heterocycles. The average molecular weight is 266 g/mol. The van der Waals surface area contributed by atoms with Crippen LogP contribution in [0.15, 0.2) is 6.07 Å². The second-order valence-corrected chi connectivity index (χ2v) is 6.03. The van der Waals surface area contributed by atoms with Gasteiger partial charge in [0.15, 0.2) is 5.78 Å². The lowest BCUT2D eigenvalue weighted by atomic mass is 10.2. The average Bonchev–Trinajstić information content (AvgIpc) is 3.12. The van der Waals surface area contributed by atoms with E-state index >= 15 is 0 Å². The summed E-state index contributed by atoms with van der Waals surface area (Å²) >= 11 is 1.58. The van der Waals surface area contributed by atoms with Crippen molar-refractivity contribution in [3.05, 3.63) is 10.9 Å². The minimum atomic E-state index is 0.254. The highest BCUT2D eigenvalue weighted by molar-refractivity contribution is 7.18. The van der Waals surface area contributed by atoms with E-state index in [4.69, 9.17) is 5.73 Å². The third-order valence-electron chi connectivity index (χ3n) is 3.22. The Hall–Kier alpha value is -1.03. The summed E-state index contributed by atoms with van der Waals surface area (Å²) in [6, 6.07) is 1.98. The van der Waals surface area contributed by atoms with Crippen molar-refractivity contribution >= 4 is 27.8 Å². The Labute approximate surface area is 113 Å². The highest BCUT2D eigenvalue weighted by Crippen LogP contribution is 2.39. The van der Waals surface area contributed by atoms with Gasteiger partial charge in [-0.3, -0.25) is 4.79 Å². The summed E-state index contributed by atoms with van der Waals surface area (Å²) < 4.78 is 0. The van der Waals surface area contributed by atoms with E-state index in [2.05, 4.69) is 18.7 Å². The molecule has 100 valence electrons. The fourth-order valence-corrected chi connectivity index (χ4v) is 3.29. The first-order chi connectivity index (χ1) is 8.67. The summed E-state index contributed by atoms with van der Waals surface area (Å²) in [7, 11) is 0. The van der Waals surface area contributed by atoms with E-state index < -0.39 is 0 Å². The Morgan fingerprint density at radius 1 is 1.39 bits per heavy atom. The molecule has 0 spiro atoms. The monoisotopic (exact) mass is 266 g/mol. The third-order valence-corrected chi connectivity index (χ3v) is 4.44. The summed E-state index contributed by atoms with van der Waals surface area (Å²) in [4.78, 5) is 15.2. The highest BCUT2D eigenvalue weighted by atomic mass is 32.1. The van der Waals surface area contributed by atoms with Gasteiger partial charge in [-0.15, -0.1) is 11.3 Å². The van der Waals surface area contributed by atoms with Gasteiger partial charge in [-0.2, -0.15) is 0 Å². The molecule has 4 heteroatoms. The molecule has 1 aliphatic carbocycles. The zero-order valence-corrected chi connectivity index (χ0v) is 12.1. The molecule has 18 heavy (non-hydrogen) atoms. The minimum Gasteiger partial charge on any atom is -0.397 e. The van der Waals surface area contributed by atoms with Gasteiger partial charge in [-0.1, -0.05) is 13.8 Å². The number of nitrogen functional groups attached to an aromatic ring is 1. The van der Waals surface area contributed by atoms with E-state index in [1.165, 1.54) is 0 Å². The Bertz CT molecular complexity index is 417. The summed E-state index contributed by atoms with van der Waals surface area (Å²) in [6.07, 6.45) is 4.31. The van der Waals surface area contributed by atoms with Crippen molar-refractivity contribution in [1.29, 1.82) is 0 Å². The molecule has 2 rings (SSSR count). The number of hydrogen-bond donors (Lipinski definition) is 1. The van der Waals surface area contributed by atoms with Crippen molar-refractivity contribution < 1.29 is 4.79 Å². The maximum Gasteiger partial charge on any atom is 0.178 e. The van der Waals surface area contributed by atoms with E-state index in [0.29, 0.717) is 5.69 Å². The Morgan fingerprint density at radius 2 is 2.00 bits per heavy atom. The molecule has 0 unspecified atom stereocenters. The number of thiophene rings is 1. The number of anilines is 2. The van der Waals surface area contributed by atoms with Crippen LogP contribution in [0.25, 0.3) is 0 Å².